The van der Waals surface area contributed by atoms with Gasteiger partial charge in [-0.1, -0.05) is 39.0 Å². The third-order valence-electron chi connectivity index (χ3n) is 9.96. The lowest BCUT2D eigenvalue weighted by molar-refractivity contribution is -0.185. The maximum atomic E-state index is 14.0. The fourth-order valence-corrected chi connectivity index (χ4v) is 9.16. The summed E-state index contributed by atoms with van der Waals surface area (Å²) in [4.78, 5) is 14.0. The molecule has 0 heterocycles. The summed E-state index contributed by atoms with van der Waals surface area (Å²) in [6.45, 7) is 2.33. The van der Waals surface area contributed by atoms with E-state index in [1.165, 1.54) is 77.0 Å². The molecule has 5 saturated carbocycles. The zero-order chi connectivity index (χ0) is 20.7. The van der Waals surface area contributed by atoms with E-state index in [0.29, 0.717) is 17.7 Å². The summed E-state index contributed by atoms with van der Waals surface area (Å²) in [5, 5.41) is 3.47. The minimum atomic E-state index is 0.251. The van der Waals surface area contributed by atoms with Crippen molar-refractivity contribution in [3.05, 3.63) is 11.5 Å². The zero-order valence-electron chi connectivity index (χ0n) is 19.3. The largest absolute Gasteiger partial charge is 0.499 e. The second kappa shape index (κ2) is 8.87. The Balaban J connectivity index is 1.48. The van der Waals surface area contributed by atoms with E-state index in [2.05, 4.69) is 12.2 Å². The summed E-state index contributed by atoms with van der Waals surface area (Å²) in [6.07, 6.45) is 18.1. The highest BCUT2D eigenvalue weighted by molar-refractivity contribution is 5.81. The summed E-state index contributed by atoms with van der Waals surface area (Å²) in [6, 6.07) is 0. The Labute approximate surface area is 183 Å². The first kappa shape index (κ1) is 20.9. The van der Waals surface area contributed by atoms with E-state index >= 15 is 0 Å². The van der Waals surface area contributed by atoms with Gasteiger partial charge in [0, 0.05) is 12.3 Å². The Hall–Kier alpha value is -0.990. The minimum absolute atomic E-state index is 0.251. The molecule has 0 saturated heterocycles. The second-order valence-corrected chi connectivity index (χ2v) is 11.2. The second-order valence-electron chi connectivity index (χ2n) is 11.2. The van der Waals surface area contributed by atoms with Crippen LogP contribution < -0.4 is 5.32 Å². The molecule has 0 aliphatic heterocycles. The highest BCUT2D eigenvalue weighted by Crippen LogP contribution is 2.66. The van der Waals surface area contributed by atoms with Gasteiger partial charge in [-0.3, -0.25) is 4.79 Å². The monoisotopic (exact) mass is 413 g/mol. The van der Waals surface area contributed by atoms with Gasteiger partial charge in [-0.2, -0.15) is 0 Å². The molecule has 2 bridgehead atoms. The smallest absolute Gasteiger partial charge is 0.227 e. The van der Waals surface area contributed by atoms with Crippen LogP contribution in [0.3, 0.4) is 0 Å². The molecule has 168 valence electrons. The van der Waals surface area contributed by atoms with Gasteiger partial charge in [0.2, 0.25) is 5.91 Å². The molecule has 30 heavy (non-hydrogen) atoms. The van der Waals surface area contributed by atoms with Crippen LogP contribution in [0.25, 0.3) is 0 Å². The van der Waals surface area contributed by atoms with Gasteiger partial charge in [-0.25, -0.2) is 0 Å². The molecule has 1 N–H and O–H groups in total. The van der Waals surface area contributed by atoms with Crippen LogP contribution in [-0.2, 0) is 9.53 Å². The van der Waals surface area contributed by atoms with Crippen molar-refractivity contribution in [1.29, 1.82) is 0 Å². The van der Waals surface area contributed by atoms with Gasteiger partial charge in [-0.15, -0.1) is 0 Å². The van der Waals surface area contributed by atoms with Gasteiger partial charge in [0.15, 0.2) is 0 Å². The van der Waals surface area contributed by atoms with Crippen LogP contribution in [0.2, 0.25) is 0 Å². The highest BCUT2D eigenvalue weighted by Gasteiger charge is 2.62. The maximum absolute atomic E-state index is 14.0. The van der Waals surface area contributed by atoms with Crippen LogP contribution >= 0.6 is 0 Å². The van der Waals surface area contributed by atoms with E-state index in [4.69, 9.17) is 4.74 Å². The van der Waals surface area contributed by atoms with Gasteiger partial charge in [0.25, 0.3) is 0 Å². The number of carbonyl (C=O) groups excluding carboxylic acids is 1. The number of hydrogen-bond donors (Lipinski definition) is 1. The number of rotatable bonds is 5. The predicted molar refractivity (Wildman–Crippen MR) is 120 cm³/mol. The van der Waals surface area contributed by atoms with E-state index < -0.39 is 0 Å². The first-order chi connectivity index (χ1) is 14.7. The summed E-state index contributed by atoms with van der Waals surface area (Å²) in [7, 11) is 1.77. The van der Waals surface area contributed by atoms with E-state index in [1.807, 2.05) is 0 Å². The number of amides is 1. The molecule has 6 aliphatic carbocycles. The van der Waals surface area contributed by atoms with Crippen LogP contribution in [0, 0.1) is 47.3 Å². The van der Waals surface area contributed by atoms with E-state index in [1.54, 1.807) is 7.11 Å². The number of methoxy groups -OCH3 is 1. The first-order valence-electron chi connectivity index (χ1n) is 13.3. The van der Waals surface area contributed by atoms with Crippen molar-refractivity contribution in [3.63, 3.8) is 0 Å². The van der Waals surface area contributed by atoms with Crippen molar-refractivity contribution < 1.29 is 9.53 Å². The molecule has 6 aliphatic rings. The standard InChI is InChI=1S/C27H43NO2/c1-3-10-21-24-17-11-4-6-13-19(17)25(20-14-7-5-12-18(20)24)26(21)27(29)28-22-15-8-9-16-23(22)30-2/h17-21,24-26H,3-16H2,1-2H3,(H,28,29). The Bertz CT molecular complexity index is 646. The maximum Gasteiger partial charge on any atom is 0.227 e. The third kappa shape index (κ3) is 3.43. The molecule has 0 aromatic heterocycles. The Morgan fingerprint density at radius 1 is 0.867 bits per heavy atom. The van der Waals surface area contributed by atoms with Crippen LogP contribution in [0.4, 0.5) is 0 Å². The molecule has 0 aromatic rings. The van der Waals surface area contributed by atoms with Crippen molar-refractivity contribution in [2.24, 2.45) is 47.3 Å². The molecule has 3 heteroatoms. The third-order valence-corrected chi connectivity index (χ3v) is 9.96. The van der Waals surface area contributed by atoms with Gasteiger partial charge in [0.05, 0.1) is 12.8 Å². The molecule has 6 atom stereocenters. The van der Waals surface area contributed by atoms with Crippen molar-refractivity contribution in [1.82, 2.24) is 5.32 Å². The lowest BCUT2D eigenvalue weighted by Crippen LogP contribution is -2.63. The molecular weight excluding hydrogens is 370 g/mol. The van der Waals surface area contributed by atoms with E-state index in [-0.39, 0.29) is 5.92 Å². The minimum Gasteiger partial charge on any atom is -0.499 e. The molecule has 1 amide bonds. The predicted octanol–water partition coefficient (Wildman–Crippen LogP) is 6.44. The van der Waals surface area contributed by atoms with Crippen molar-refractivity contribution in [2.45, 2.75) is 96.8 Å². The van der Waals surface area contributed by atoms with Crippen LogP contribution in [0.1, 0.15) is 96.8 Å². The summed E-state index contributed by atoms with van der Waals surface area (Å²) in [5.41, 5.74) is 1.10. The Kier molecular flexibility index (Phi) is 6.17. The van der Waals surface area contributed by atoms with Gasteiger partial charge in [-0.05, 0) is 92.8 Å². The number of carbonyl (C=O) groups is 1. The zero-order valence-corrected chi connectivity index (χ0v) is 19.3. The Morgan fingerprint density at radius 3 is 2.00 bits per heavy atom. The van der Waals surface area contributed by atoms with Crippen LogP contribution in [0.5, 0.6) is 0 Å². The lowest BCUT2D eigenvalue weighted by atomic mass is 9.39. The van der Waals surface area contributed by atoms with E-state index in [0.717, 1.165) is 53.9 Å². The summed E-state index contributed by atoms with van der Waals surface area (Å²) < 4.78 is 5.66. The molecule has 3 nitrogen and oxygen atoms in total. The average Bonchev–Trinajstić information content (AvgIpc) is 2.79. The SMILES string of the molecule is CCCC1C(C(=O)NC2=C(OC)CCCC2)C2C3CCCCC3C1C1CCCCC12. The number of fused-ring (bicyclic) bond motifs is 1. The molecule has 0 radical (unpaired) electrons. The van der Waals surface area contributed by atoms with Crippen LogP contribution in [-0.4, -0.2) is 13.0 Å². The lowest BCUT2D eigenvalue weighted by Gasteiger charge is -2.65. The van der Waals surface area contributed by atoms with Crippen molar-refractivity contribution in [2.75, 3.05) is 7.11 Å². The summed E-state index contributed by atoms with van der Waals surface area (Å²) >= 11 is 0. The summed E-state index contributed by atoms with van der Waals surface area (Å²) in [5.74, 6) is 7.25. The molecule has 0 spiro atoms. The highest BCUT2D eigenvalue weighted by atomic mass is 16.5. The topological polar surface area (TPSA) is 38.3 Å². The van der Waals surface area contributed by atoms with Gasteiger partial charge < -0.3 is 10.1 Å². The average molecular weight is 414 g/mol. The number of ether oxygens (including phenoxy) is 1. The molecule has 6 unspecified atom stereocenters. The molecular formula is C27H43NO2. The fourth-order valence-electron chi connectivity index (χ4n) is 9.16. The fraction of sp³-hybridized carbons (Fsp3) is 0.889. The quantitative estimate of drug-likeness (QED) is 0.563. The normalized spacial score (nSPS) is 43.0. The molecule has 6 rings (SSSR count). The number of allylic oxidation sites excluding steroid dienone is 2. The first-order valence-corrected chi connectivity index (χ1v) is 13.3. The van der Waals surface area contributed by atoms with Gasteiger partial charge >= 0.3 is 0 Å². The van der Waals surface area contributed by atoms with E-state index in [9.17, 15) is 4.79 Å². The molecule has 0 aromatic carbocycles. The molecule has 5 fully saturated rings. The number of nitrogens with one attached hydrogen (secondary N) is 1. The van der Waals surface area contributed by atoms with Gasteiger partial charge in [0.1, 0.15) is 5.76 Å². The van der Waals surface area contributed by atoms with Crippen molar-refractivity contribution in [3.8, 4) is 0 Å². The van der Waals surface area contributed by atoms with Crippen molar-refractivity contribution >= 4 is 5.91 Å². The Morgan fingerprint density at radius 2 is 1.43 bits per heavy atom. The van der Waals surface area contributed by atoms with Crippen LogP contribution in [0.15, 0.2) is 11.5 Å². The number of hydrogen-bond acceptors (Lipinski definition) is 2.